The Morgan fingerprint density at radius 3 is 2.64 bits per heavy atom. The fourth-order valence-corrected chi connectivity index (χ4v) is 3.36. The van der Waals surface area contributed by atoms with Crippen LogP contribution >= 0.6 is 11.3 Å². The van der Waals surface area contributed by atoms with Crippen molar-refractivity contribution in [3.63, 3.8) is 0 Å². The minimum Gasteiger partial charge on any atom is -0.302 e. The average molecular weight is 353 g/mol. The summed E-state index contributed by atoms with van der Waals surface area (Å²) < 4.78 is 29.2. The number of hydrogen-bond acceptors (Lipinski definition) is 3. The zero-order chi connectivity index (χ0) is 18.0. The summed E-state index contributed by atoms with van der Waals surface area (Å²) in [6, 6.07) is 9.83. The number of benzene rings is 2. The maximum absolute atomic E-state index is 14.1. The van der Waals surface area contributed by atoms with Gasteiger partial charge in [-0.3, -0.25) is 4.79 Å². The predicted molar refractivity (Wildman–Crippen MR) is 89.6 cm³/mol. The van der Waals surface area contributed by atoms with Crippen molar-refractivity contribution >= 4 is 27.5 Å². The lowest BCUT2D eigenvalue weighted by Crippen LogP contribution is -2.17. The Labute approximate surface area is 145 Å². The highest BCUT2D eigenvalue weighted by Gasteiger charge is 2.14. The molecule has 0 aliphatic heterocycles. The molecular formula is C18H9F2N3OS. The quantitative estimate of drug-likeness (QED) is 0.664. The van der Waals surface area contributed by atoms with E-state index in [1.165, 1.54) is 34.9 Å². The van der Waals surface area contributed by atoms with Crippen molar-refractivity contribution in [3.05, 3.63) is 64.0 Å². The van der Waals surface area contributed by atoms with E-state index in [9.17, 15) is 13.6 Å². The third kappa shape index (κ3) is 3.18. The molecule has 0 fully saturated rings. The number of thiazole rings is 1. The Bertz CT molecular complexity index is 1130. The van der Waals surface area contributed by atoms with Crippen molar-refractivity contribution in [2.24, 2.45) is 4.99 Å². The lowest BCUT2D eigenvalue weighted by atomic mass is 10.1. The number of nitriles is 1. The number of terminal acetylenes is 1. The van der Waals surface area contributed by atoms with Crippen LogP contribution in [-0.4, -0.2) is 10.5 Å². The number of halogens is 2. The molecule has 0 aliphatic carbocycles. The molecule has 0 spiro atoms. The molecule has 0 N–H and O–H groups in total. The van der Waals surface area contributed by atoms with Gasteiger partial charge in [0.05, 0.1) is 28.4 Å². The highest BCUT2D eigenvalue weighted by atomic mass is 32.1. The fourth-order valence-electron chi connectivity index (χ4n) is 2.29. The molecule has 1 heterocycles. The van der Waals surface area contributed by atoms with Crippen molar-refractivity contribution in [3.8, 4) is 18.4 Å². The summed E-state index contributed by atoms with van der Waals surface area (Å²) in [5.74, 6) is 0.319. The molecule has 0 aliphatic rings. The van der Waals surface area contributed by atoms with Gasteiger partial charge in [0.1, 0.15) is 5.82 Å². The molecule has 4 nitrogen and oxygen atoms in total. The number of amides is 1. The van der Waals surface area contributed by atoms with Crippen LogP contribution < -0.4 is 4.80 Å². The molecule has 25 heavy (non-hydrogen) atoms. The van der Waals surface area contributed by atoms with E-state index in [0.29, 0.717) is 10.3 Å². The van der Waals surface area contributed by atoms with E-state index in [1.54, 1.807) is 0 Å². The van der Waals surface area contributed by atoms with Gasteiger partial charge < -0.3 is 4.57 Å². The SMILES string of the molecule is C#CCn1c(=NC(=O)c2ccc(C#N)cc2)sc2cc(F)cc(F)c21. The van der Waals surface area contributed by atoms with E-state index in [-0.39, 0.29) is 22.4 Å². The van der Waals surface area contributed by atoms with Crippen LogP contribution in [0.5, 0.6) is 0 Å². The molecule has 122 valence electrons. The minimum atomic E-state index is -0.770. The zero-order valence-electron chi connectivity index (χ0n) is 12.7. The Morgan fingerprint density at radius 2 is 2.00 bits per heavy atom. The van der Waals surface area contributed by atoms with Crippen molar-refractivity contribution < 1.29 is 13.6 Å². The first-order valence-corrected chi connectivity index (χ1v) is 7.86. The first-order valence-electron chi connectivity index (χ1n) is 7.04. The van der Waals surface area contributed by atoms with Gasteiger partial charge in [-0.1, -0.05) is 17.3 Å². The maximum Gasteiger partial charge on any atom is 0.279 e. The lowest BCUT2D eigenvalue weighted by Gasteiger charge is -2.01. The van der Waals surface area contributed by atoms with Crippen LogP contribution in [0, 0.1) is 35.3 Å². The van der Waals surface area contributed by atoms with E-state index in [2.05, 4.69) is 10.9 Å². The molecule has 7 heteroatoms. The van der Waals surface area contributed by atoms with E-state index < -0.39 is 17.5 Å². The molecule has 1 amide bonds. The van der Waals surface area contributed by atoms with Crippen LogP contribution in [0.25, 0.3) is 10.2 Å². The second-order valence-electron chi connectivity index (χ2n) is 5.02. The zero-order valence-corrected chi connectivity index (χ0v) is 13.5. The summed E-state index contributed by atoms with van der Waals surface area (Å²) >= 11 is 0.970. The van der Waals surface area contributed by atoms with Crippen molar-refractivity contribution in [1.29, 1.82) is 5.26 Å². The Balaban J connectivity index is 2.16. The highest BCUT2D eigenvalue weighted by Crippen LogP contribution is 2.22. The van der Waals surface area contributed by atoms with Crippen LogP contribution in [0.4, 0.5) is 8.78 Å². The smallest absolute Gasteiger partial charge is 0.279 e. The van der Waals surface area contributed by atoms with Gasteiger partial charge in [0.15, 0.2) is 10.6 Å². The van der Waals surface area contributed by atoms with Gasteiger partial charge in [-0.05, 0) is 30.3 Å². The second kappa shape index (κ2) is 6.68. The van der Waals surface area contributed by atoms with Gasteiger partial charge in [-0.15, -0.1) is 6.42 Å². The summed E-state index contributed by atoms with van der Waals surface area (Å²) in [7, 11) is 0. The first-order chi connectivity index (χ1) is 12.0. The van der Waals surface area contributed by atoms with Crippen LogP contribution in [0.1, 0.15) is 15.9 Å². The van der Waals surface area contributed by atoms with Gasteiger partial charge >= 0.3 is 0 Å². The Kier molecular flexibility index (Phi) is 4.42. The van der Waals surface area contributed by atoms with Crippen molar-refractivity contribution in [2.75, 3.05) is 0 Å². The highest BCUT2D eigenvalue weighted by molar-refractivity contribution is 7.16. The van der Waals surface area contributed by atoms with Crippen LogP contribution in [-0.2, 0) is 6.54 Å². The maximum atomic E-state index is 14.1. The summed E-state index contributed by atoms with van der Waals surface area (Å²) in [6.07, 6.45) is 5.31. The molecular weight excluding hydrogens is 344 g/mol. The normalized spacial score (nSPS) is 11.3. The van der Waals surface area contributed by atoms with E-state index in [4.69, 9.17) is 11.7 Å². The number of hydrogen-bond donors (Lipinski definition) is 0. The van der Waals surface area contributed by atoms with Crippen LogP contribution in [0.15, 0.2) is 41.4 Å². The molecule has 3 rings (SSSR count). The number of carbonyl (C=O) groups is 1. The third-order valence-electron chi connectivity index (χ3n) is 3.40. The summed E-state index contributed by atoms with van der Waals surface area (Å²) in [5.41, 5.74) is 0.796. The Morgan fingerprint density at radius 1 is 1.28 bits per heavy atom. The molecule has 0 radical (unpaired) electrons. The van der Waals surface area contributed by atoms with Gasteiger partial charge in [-0.2, -0.15) is 10.3 Å². The monoisotopic (exact) mass is 353 g/mol. The van der Waals surface area contributed by atoms with Crippen LogP contribution in [0.3, 0.4) is 0 Å². The number of carbonyl (C=O) groups excluding carboxylic acids is 1. The average Bonchev–Trinajstić information content (AvgIpc) is 2.92. The number of fused-ring (bicyclic) bond motifs is 1. The van der Waals surface area contributed by atoms with Crippen LogP contribution in [0.2, 0.25) is 0 Å². The van der Waals surface area contributed by atoms with E-state index in [0.717, 1.165) is 17.4 Å². The largest absolute Gasteiger partial charge is 0.302 e. The first kappa shape index (κ1) is 16.6. The predicted octanol–water partition coefficient (Wildman–Crippen LogP) is 3.23. The molecule has 2 aromatic carbocycles. The standard InChI is InChI=1S/C18H9F2N3OS/c1-2-7-23-16-14(20)8-13(19)9-15(16)25-18(23)22-17(24)12-5-3-11(10-21)4-6-12/h1,3-6,8-9H,7H2. The fraction of sp³-hybridized carbons (Fsp3) is 0.0556. The number of aromatic nitrogens is 1. The van der Waals surface area contributed by atoms with E-state index in [1.807, 2.05) is 6.07 Å². The summed E-state index contributed by atoms with van der Waals surface area (Å²) in [4.78, 5) is 16.5. The molecule has 0 bridgehead atoms. The van der Waals surface area contributed by atoms with E-state index >= 15 is 0 Å². The molecule has 0 saturated heterocycles. The number of rotatable bonds is 2. The molecule has 0 atom stereocenters. The van der Waals surface area contributed by atoms with Crippen molar-refractivity contribution in [1.82, 2.24) is 4.57 Å². The molecule has 1 aromatic heterocycles. The topological polar surface area (TPSA) is 58.1 Å². The Hall–Kier alpha value is -3.29. The van der Waals surface area contributed by atoms with Gasteiger partial charge in [0.25, 0.3) is 5.91 Å². The number of nitrogens with zero attached hydrogens (tertiary/aromatic N) is 3. The summed E-state index contributed by atoms with van der Waals surface area (Å²) in [6.45, 7) is -0.0119. The molecule has 0 unspecified atom stereocenters. The molecule has 3 aromatic rings. The summed E-state index contributed by atoms with van der Waals surface area (Å²) in [5, 5.41) is 8.78. The lowest BCUT2D eigenvalue weighted by molar-refractivity contribution is 0.0998. The van der Waals surface area contributed by atoms with Gasteiger partial charge in [0, 0.05) is 11.6 Å². The van der Waals surface area contributed by atoms with Gasteiger partial charge in [0.2, 0.25) is 0 Å². The van der Waals surface area contributed by atoms with Crippen molar-refractivity contribution in [2.45, 2.75) is 6.54 Å². The second-order valence-corrected chi connectivity index (χ2v) is 6.02. The minimum absolute atomic E-state index is 0.0119. The third-order valence-corrected chi connectivity index (χ3v) is 4.43. The van der Waals surface area contributed by atoms with Gasteiger partial charge in [-0.25, -0.2) is 8.78 Å². The molecule has 0 saturated carbocycles.